The molecule has 9 heteroatoms. The summed E-state index contributed by atoms with van der Waals surface area (Å²) in [5.74, 6) is 0.222. The van der Waals surface area contributed by atoms with Crippen molar-refractivity contribution in [1.29, 1.82) is 0 Å². The Morgan fingerprint density at radius 3 is 2.91 bits per heavy atom. The summed E-state index contributed by atoms with van der Waals surface area (Å²) in [6.07, 6.45) is 7.13. The summed E-state index contributed by atoms with van der Waals surface area (Å²) < 4.78 is 32.6. The van der Waals surface area contributed by atoms with Gasteiger partial charge in [0.2, 0.25) is 5.91 Å². The molecule has 118 valence electrons. The highest BCUT2D eigenvalue weighted by Gasteiger charge is 2.15. The third-order valence-corrected chi connectivity index (χ3v) is 3.96. The summed E-state index contributed by atoms with van der Waals surface area (Å²) in [4.78, 5) is 15.3. The van der Waals surface area contributed by atoms with Crippen molar-refractivity contribution in [1.82, 2.24) is 19.6 Å². The molecule has 0 saturated carbocycles. The largest absolute Gasteiger partial charge is 0.465 e. The second kappa shape index (κ2) is 7.05. The molecule has 2 aromatic rings. The van der Waals surface area contributed by atoms with E-state index in [0.717, 1.165) is 0 Å². The lowest BCUT2D eigenvalue weighted by molar-refractivity contribution is -0.116. The Morgan fingerprint density at radius 2 is 2.27 bits per heavy atom. The monoisotopic (exact) mass is 324 g/mol. The van der Waals surface area contributed by atoms with Gasteiger partial charge in [0.1, 0.15) is 5.76 Å². The third kappa shape index (κ3) is 4.57. The summed E-state index contributed by atoms with van der Waals surface area (Å²) in [7, 11) is -1.97. The zero-order chi connectivity index (χ0) is 16.0. The number of furan rings is 1. The van der Waals surface area contributed by atoms with Gasteiger partial charge in [-0.1, -0.05) is 0 Å². The molecular formula is C13H16N4O4S. The summed E-state index contributed by atoms with van der Waals surface area (Å²) in [6.45, 7) is 0.229. The van der Waals surface area contributed by atoms with E-state index in [4.69, 9.17) is 4.42 Å². The highest BCUT2D eigenvalue weighted by Crippen LogP contribution is 2.03. The maximum Gasteiger partial charge on any atom is 0.259 e. The molecule has 0 unspecified atom stereocenters. The number of sulfonamides is 1. The van der Waals surface area contributed by atoms with E-state index in [2.05, 4.69) is 15.0 Å². The fourth-order valence-corrected chi connectivity index (χ4v) is 2.59. The summed E-state index contributed by atoms with van der Waals surface area (Å²) in [6, 6.07) is 3.43. The second-order valence-electron chi connectivity index (χ2n) is 4.41. The number of hydrogen-bond donors (Lipinski definition) is 2. The fraction of sp³-hybridized carbons (Fsp3) is 0.231. The van der Waals surface area contributed by atoms with Crippen molar-refractivity contribution in [2.24, 2.45) is 7.05 Å². The third-order valence-electron chi connectivity index (χ3n) is 2.61. The van der Waals surface area contributed by atoms with E-state index >= 15 is 0 Å². The number of carbonyl (C=O) groups is 1. The van der Waals surface area contributed by atoms with Crippen LogP contribution >= 0.6 is 0 Å². The van der Waals surface area contributed by atoms with Crippen molar-refractivity contribution in [3.05, 3.63) is 42.8 Å². The van der Waals surface area contributed by atoms with Gasteiger partial charge in [-0.15, -0.1) is 0 Å². The van der Waals surface area contributed by atoms with E-state index in [-0.39, 0.29) is 24.0 Å². The van der Waals surface area contributed by atoms with Crippen LogP contribution < -0.4 is 10.0 Å². The smallest absolute Gasteiger partial charge is 0.259 e. The maximum absolute atomic E-state index is 11.8. The van der Waals surface area contributed by atoms with E-state index in [1.54, 1.807) is 19.2 Å². The second-order valence-corrected chi connectivity index (χ2v) is 6.13. The molecule has 2 aromatic heterocycles. The van der Waals surface area contributed by atoms with E-state index in [0.29, 0.717) is 5.76 Å². The molecule has 1 amide bonds. The average molecular weight is 324 g/mol. The van der Waals surface area contributed by atoms with Crippen molar-refractivity contribution >= 4 is 22.0 Å². The molecule has 0 spiro atoms. The van der Waals surface area contributed by atoms with Crippen LogP contribution in [0.5, 0.6) is 0 Å². The van der Waals surface area contributed by atoms with Gasteiger partial charge in [-0.2, -0.15) is 0 Å². The Bertz CT molecular complexity index is 747. The molecule has 0 aliphatic heterocycles. The quantitative estimate of drug-likeness (QED) is 0.556. The van der Waals surface area contributed by atoms with E-state index < -0.39 is 10.0 Å². The van der Waals surface area contributed by atoms with Crippen LogP contribution in [-0.2, 0) is 21.9 Å². The zero-order valence-electron chi connectivity index (χ0n) is 11.9. The van der Waals surface area contributed by atoms with Crippen LogP contribution in [0.25, 0.3) is 6.08 Å². The Kier molecular flexibility index (Phi) is 5.12. The minimum absolute atomic E-state index is 0.0564. The predicted molar refractivity (Wildman–Crippen MR) is 79.1 cm³/mol. The molecule has 22 heavy (non-hydrogen) atoms. The molecule has 0 fully saturated rings. The molecular weight excluding hydrogens is 308 g/mol. The summed E-state index contributed by atoms with van der Waals surface area (Å²) in [5.41, 5.74) is 0. The van der Waals surface area contributed by atoms with Crippen LogP contribution in [0, 0.1) is 0 Å². The molecule has 2 rings (SSSR count). The number of nitrogens with zero attached hydrogens (tertiary/aromatic N) is 2. The topological polar surface area (TPSA) is 106 Å². The van der Waals surface area contributed by atoms with Crippen LogP contribution in [0.1, 0.15) is 5.76 Å². The number of nitrogens with one attached hydrogen (secondary N) is 2. The number of hydrogen-bond acceptors (Lipinski definition) is 5. The van der Waals surface area contributed by atoms with Gasteiger partial charge in [-0.25, -0.2) is 18.1 Å². The molecule has 0 bridgehead atoms. The van der Waals surface area contributed by atoms with Crippen LogP contribution in [-0.4, -0.2) is 37.0 Å². The minimum atomic E-state index is -3.65. The highest BCUT2D eigenvalue weighted by molar-refractivity contribution is 7.89. The van der Waals surface area contributed by atoms with Crippen LogP contribution in [0.4, 0.5) is 0 Å². The number of imidazole rings is 1. The van der Waals surface area contributed by atoms with E-state index in [1.807, 2.05) is 0 Å². The molecule has 0 aliphatic rings. The molecule has 8 nitrogen and oxygen atoms in total. The molecule has 0 aromatic carbocycles. The van der Waals surface area contributed by atoms with E-state index in [9.17, 15) is 13.2 Å². The molecule has 0 atom stereocenters. The van der Waals surface area contributed by atoms with Crippen molar-refractivity contribution in [3.63, 3.8) is 0 Å². The van der Waals surface area contributed by atoms with Gasteiger partial charge in [-0.05, 0) is 18.2 Å². The predicted octanol–water partition coefficient (Wildman–Crippen LogP) is 0.121. The van der Waals surface area contributed by atoms with Crippen LogP contribution in [0.15, 0.2) is 46.4 Å². The Labute approximate surface area is 127 Å². The van der Waals surface area contributed by atoms with E-state index in [1.165, 1.54) is 35.5 Å². The SMILES string of the molecule is Cn1cnc(S(=O)(=O)NCCNC(=O)/C=C/c2ccco2)c1. The van der Waals surface area contributed by atoms with Gasteiger partial charge >= 0.3 is 0 Å². The van der Waals surface area contributed by atoms with Crippen molar-refractivity contribution < 1.29 is 17.6 Å². The highest BCUT2D eigenvalue weighted by atomic mass is 32.2. The average Bonchev–Trinajstić information content (AvgIpc) is 3.13. The first-order valence-corrected chi connectivity index (χ1v) is 7.93. The number of rotatable bonds is 7. The van der Waals surface area contributed by atoms with Gasteiger partial charge in [0, 0.05) is 32.4 Å². The fourth-order valence-electron chi connectivity index (χ4n) is 1.58. The molecule has 0 aliphatic carbocycles. The zero-order valence-corrected chi connectivity index (χ0v) is 12.7. The number of carbonyl (C=O) groups excluding carboxylic acids is 1. The minimum Gasteiger partial charge on any atom is -0.465 e. The molecule has 0 saturated heterocycles. The van der Waals surface area contributed by atoms with Gasteiger partial charge in [-0.3, -0.25) is 4.79 Å². The van der Waals surface area contributed by atoms with Crippen molar-refractivity contribution in [3.8, 4) is 0 Å². The Balaban J connectivity index is 1.74. The molecule has 2 heterocycles. The van der Waals surface area contributed by atoms with Gasteiger partial charge < -0.3 is 14.3 Å². The molecule has 0 radical (unpaired) electrons. The van der Waals surface area contributed by atoms with Crippen molar-refractivity contribution in [2.45, 2.75) is 5.03 Å². The maximum atomic E-state index is 11.8. The number of aromatic nitrogens is 2. The first-order chi connectivity index (χ1) is 10.5. The van der Waals surface area contributed by atoms with Crippen LogP contribution in [0.3, 0.4) is 0 Å². The van der Waals surface area contributed by atoms with Crippen molar-refractivity contribution in [2.75, 3.05) is 13.1 Å². The normalized spacial score (nSPS) is 11.9. The van der Waals surface area contributed by atoms with Crippen LogP contribution in [0.2, 0.25) is 0 Å². The number of amides is 1. The standard InChI is InChI=1S/C13H16N4O4S/c1-17-9-13(15-10-17)22(19,20)16-7-6-14-12(18)5-4-11-3-2-8-21-11/h2-5,8-10,16H,6-7H2,1H3,(H,14,18)/b5-4+. The lowest BCUT2D eigenvalue weighted by atomic mass is 10.4. The summed E-state index contributed by atoms with van der Waals surface area (Å²) in [5, 5.41) is 2.50. The van der Waals surface area contributed by atoms with Gasteiger partial charge in [0.25, 0.3) is 10.0 Å². The lowest BCUT2D eigenvalue weighted by Crippen LogP contribution is -2.34. The van der Waals surface area contributed by atoms with Gasteiger partial charge in [0.05, 0.1) is 12.6 Å². The Morgan fingerprint density at radius 1 is 1.45 bits per heavy atom. The summed E-state index contributed by atoms with van der Waals surface area (Å²) >= 11 is 0. The number of aryl methyl sites for hydroxylation is 1. The first-order valence-electron chi connectivity index (χ1n) is 6.44. The van der Waals surface area contributed by atoms with Gasteiger partial charge in [0.15, 0.2) is 5.03 Å². The first kappa shape index (κ1) is 16.0. The lowest BCUT2D eigenvalue weighted by Gasteiger charge is -2.04. The molecule has 2 N–H and O–H groups in total. The Hall–Kier alpha value is -2.39.